The number of benzene rings is 1. The molecule has 0 fully saturated rings. The maximum atomic E-state index is 4.08. The zero-order valence-corrected chi connectivity index (χ0v) is 12.6. The van der Waals surface area contributed by atoms with Gasteiger partial charge in [-0.1, -0.05) is 24.3 Å². The lowest BCUT2D eigenvalue weighted by molar-refractivity contribution is 0.415. The molecule has 0 saturated carbocycles. The summed E-state index contributed by atoms with van der Waals surface area (Å²) >= 11 is 0. The summed E-state index contributed by atoms with van der Waals surface area (Å²) in [6, 6.07) is 9.10. The van der Waals surface area contributed by atoms with Gasteiger partial charge in [-0.25, -0.2) is 4.98 Å². The van der Waals surface area contributed by atoms with Gasteiger partial charge in [0.1, 0.15) is 0 Å². The van der Waals surface area contributed by atoms with Crippen LogP contribution in [0, 0.1) is 5.92 Å². The van der Waals surface area contributed by atoms with Gasteiger partial charge in [0.15, 0.2) is 0 Å². The van der Waals surface area contributed by atoms with Crippen LogP contribution < -0.4 is 5.32 Å². The van der Waals surface area contributed by atoms with E-state index in [1.807, 2.05) is 17.1 Å². The van der Waals surface area contributed by atoms with Crippen LogP contribution in [0.25, 0.3) is 5.69 Å². The van der Waals surface area contributed by atoms with Crippen LogP contribution >= 0.6 is 0 Å². The van der Waals surface area contributed by atoms with Crippen molar-refractivity contribution in [2.45, 2.75) is 32.2 Å². The smallest absolute Gasteiger partial charge is 0.0991 e. The minimum atomic E-state index is 0.396. The molecule has 110 valence electrons. The van der Waals surface area contributed by atoms with Crippen molar-refractivity contribution < 1.29 is 0 Å². The van der Waals surface area contributed by atoms with E-state index in [0.717, 1.165) is 18.2 Å². The molecule has 2 aromatic rings. The maximum Gasteiger partial charge on any atom is 0.0991 e. The van der Waals surface area contributed by atoms with Crippen LogP contribution in [0.2, 0.25) is 0 Å². The highest BCUT2D eigenvalue weighted by Crippen LogP contribution is 2.20. The second kappa shape index (κ2) is 6.72. The average Bonchev–Trinajstić information content (AvgIpc) is 3.08. The number of nitrogens with zero attached hydrogens (tertiary/aromatic N) is 2. The molecule has 1 N–H and O–H groups in total. The molecule has 1 aliphatic rings. The Morgan fingerprint density at radius 3 is 2.81 bits per heavy atom. The summed E-state index contributed by atoms with van der Waals surface area (Å²) in [5, 5.41) is 3.67. The Kier molecular flexibility index (Phi) is 4.51. The summed E-state index contributed by atoms with van der Waals surface area (Å²) in [4.78, 5) is 4.08. The highest BCUT2D eigenvalue weighted by molar-refractivity contribution is 5.35. The number of nitrogens with one attached hydrogen (secondary N) is 1. The first kappa shape index (κ1) is 14.1. The molecule has 2 atom stereocenters. The van der Waals surface area contributed by atoms with Crippen molar-refractivity contribution in [1.82, 2.24) is 14.9 Å². The lowest BCUT2D eigenvalue weighted by atomic mass is 9.94. The molecule has 0 radical (unpaired) electrons. The molecule has 0 aliphatic heterocycles. The fraction of sp³-hybridized carbons (Fsp3) is 0.389. The van der Waals surface area contributed by atoms with Crippen molar-refractivity contribution in [2.24, 2.45) is 5.92 Å². The Labute approximate surface area is 126 Å². The van der Waals surface area contributed by atoms with E-state index in [-0.39, 0.29) is 0 Å². The van der Waals surface area contributed by atoms with Gasteiger partial charge >= 0.3 is 0 Å². The van der Waals surface area contributed by atoms with Crippen molar-refractivity contribution in [3.8, 4) is 5.69 Å². The van der Waals surface area contributed by atoms with Gasteiger partial charge in [0.05, 0.1) is 6.33 Å². The van der Waals surface area contributed by atoms with Crippen molar-refractivity contribution in [3.63, 3.8) is 0 Å². The zero-order chi connectivity index (χ0) is 14.5. The third-order valence-corrected chi connectivity index (χ3v) is 4.29. The highest BCUT2D eigenvalue weighted by Gasteiger charge is 2.12. The van der Waals surface area contributed by atoms with Gasteiger partial charge in [-0.2, -0.15) is 0 Å². The van der Waals surface area contributed by atoms with E-state index in [9.17, 15) is 0 Å². The highest BCUT2D eigenvalue weighted by atomic mass is 15.0. The summed E-state index contributed by atoms with van der Waals surface area (Å²) in [7, 11) is 0. The minimum absolute atomic E-state index is 0.396. The summed E-state index contributed by atoms with van der Waals surface area (Å²) in [6.45, 7) is 3.35. The molecule has 1 aliphatic carbocycles. The fourth-order valence-corrected chi connectivity index (χ4v) is 2.85. The number of imidazole rings is 1. The first-order valence-corrected chi connectivity index (χ1v) is 7.79. The number of hydrogen-bond donors (Lipinski definition) is 1. The van der Waals surface area contributed by atoms with Crippen LogP contribution in [0.1, 0.15) is 37.8 Å². The van der Waals surface area contributed by atoms with Crippen molar-refractivity contribution in [1.29, 1.82) is 0 Å². The van der Waals surface area contributed by atoms with Crippen LogP contribution in [0.4, 0.5) is 0 Å². The summed E-state index contributed by atoms with van der Waals surface area (Å²) < 4.78 is 2.02. The third kappa shape index (κ3) is 3.61. The lowest BCUT2D eigenvalue weighted by Gasteiger charge is -2.22. The van der Waals surface area contributed by atoms with Crippen LogP contribution in [-0.4, -0.2) is 16.1 Å². The maximum absolute atomic E-state index is 4.08. The van der Waals surface area contributed by atoms with Crippen LogP contribution in [0.5, 0.6) is 0 Å². The molecule has 3 rings (SSSR count). The fourth-order valence-electron chi connectivity index (χ4n) is 2.85. The van der Waals surface area contributed by atoms with E-state index in [0.29, 0.717) is 6.04 Å². The quantitative estimate of drug-likeness (QED) is 0.843. The molecule has 2 unspecified atom stereocenters. The largest absolute Gasteiger partial charge is 0.310 e. The number of allylic oxidation sites excluding steroid dienone is 2. The Hall–Kier alpha value is -1.87. The zero-order valence-electron chi connectivity index (χ0n) is 12.6. The predicted octanol–water partition coefficient (Wildman–Crippen LogP) is 3.88. The molecule has 1 aromatic heterocycles. The lowest BCUT2D eigenvalue weighted by Crippen LogP contribution is -2.26. The van der Waals surface area contributed by atoms with Crippen LogP contribution in [0.3, 0.4) is 0 Å². The molecule has 1 heterocycles. The summed E-state index contributed by atoms with van der Waals surface area (Å²) in [5.74, 6) is 0.794. The Morgan fingerprint density at radius 2 is 2.14 bits per heavy atom. The number of hydrogen-bond acceptors (Lipinski definition) is 2. The third-order valence-electron chi connectivity index (χ3n) is 4.29. The van der Waals surface area contributed by atoms with Gasteiger partial charge in [0.2, 0.25) is 0 Å². The van der Waals surface area contributed by atoms with Gasteiger partial charge in [-0.05, 0) is 56.3 Å². The average molecular weight is 281 g/mol. The summed E-state index contributed by atoms with van der Waals surface area (Å²) in [5.41, 5.74) is 2.49. The first-order chi connectivity index (χ1) is 10.3. The monoisotopic (exact) mass is 281 g/mol. The van der Waals surface area contributed by atoms with E-state index >= 15 is 0 Å². The van der Waals surface area contributed by atoms with Crippen molar-refractivity contribution in [2.75, 3.05) is 6.54 Å². The normalized spacial score (nSPS) is 19.6. The molecule has 3 nitrogen and oxygen atoms in total. The molecule has 21 heavy (non-hydrogen) atoms. The van der Waals surface area contributed by atoms with Gasteiger partial charge in [-0.3, -0.25) is 0 Å². The minimum Gasteiger partial charge on any atom is -0.310 e. The van der Waals surface area contributed by atoms with Gasteiger partial charge in [0, 0.05) is 24.1 Å². The van der Waals surface area contributed by atoms with Crippen LogP contribution in [-0.2, 0) is 0 Å². The van der Waals surface area contributed by atoms with E-state index < -0.39 is 0 Å². The van der Waals surface area contributed by atoms with Crippen LogP contribution in [0.15, 0.2) is 55.1 Å². The van der Waals surface area contributed by atoms with E-state index in [4.69, 9.17) is 0 Å². The number of aromatic nitrogens is 2. The first-order valence-electron chi connectivity index (χ1n) is 7.79. The Morgan fingerprint density at radius 1 is 1.29 bits per heavy atom. The Balaban J connectivity index is 1.57. The Bertz CT molecular complexity index is 569. The number of rotatable bonds is 5. The van der Waals surface area contributed by atoms with Crippen molar-refractivity contribution in [3.05, 3.63) is 60.7 Å². The van der Waals surface area contributed by atoms with Gasteiger partial charge < -0.3 is 9.88 Å². The SMILES string of the molecule is CC(NCC1CC=CCC1)c1ccc(-n2ccnc2)cc1. The van der Waals surface area contributed by atoms with Gasteiger partial charge in [-0.15, -0.1) is 0 Å². The second-order valence-electron chi connectivity index (χ2n) is 5.84. The molecule has 1 aromatic carbocycles. The molecule has 0 saturated heterocycles. The van der Waals surface area contributed by atoms with E-state index in [1.54, 1.807) is 6.20 Å². The molecular formula is C18H23N3. The van der Waals surface area contributed by atoms with Crippen molar-refractivity contribution >= 4 is 0 Å². The second-order valence-corrected chi connectivity index (χ2v) is 5.84. The van der Waals surface area contributed by atoms with Gasteiger partial charge in [0.25, 0.3) is 0 Å². The predicted molar refractivity (Wildman–Crippen MR) is 86.5 cm³/mol. The van der Waals surface area contributed by atoms with E-state index in [1.165, 1.54) is 24.8 Å². The summed E-state index contributed by atoms with van der Waals surface area (Å²) in [6.07, 6.45) is 14.0. The molecule has 0 amide bonds. The molecule has 0 spiro atoms. The standard InChI is InChI=1S/C18H23N3/c1-15(20-13-16-5-3-2-4-6-16)17-7-9-18(10-8-17)21-12-11-19-14-21/h2-3,7-12,14-16,20H,4-6,13H2,1H3. The molecular weight excluding hydrogens is 258 g/mol. The topological polar surface area (TPSA) is 29.9 Å². The van der Waals surface area contributed by atoms with E-state index in [2.05, 4.69) is 53.6 Å². The molecule has 3 heteroatoms. The molecule has 0 bridgehead atoms.